The van der Waals surface area contributed by atoms with Gasteiger partial charge in [-0.1, -0.05) is 12.1 Å². The number of ether oxygens (including phenoxy) is 2. The molecule has 0 spiro atoms. The van der Waals surface area contributed by atoms with Crippen LogP contribution in [0.4, 0.5) is 8.78 Å². The molecule has 1 fully saturated rings. The lowest BCUT2D eigenvalue weighted by molar-refractivity contribution is -0.118. The van der Waals surface area contributed by atoms with Gasteiger partial charge in [0.1, 0.15) is 25.1 Å². The highest BCUT2D eigenvalue weighted by Gasteiger charge is 2.31. The third-order valence-corrected chi connectivity index (χ3v) is 7.61. The minimum atomic E-state index is -1.29. The van der Waals surface area contributed by atoms with E-state index in [1.165, 1.54) is 18.2 Å². The molecule has 1 amide bonds. The minimum absolute atomic E-state index is 0.00726. The Labute approximate surface area is 216 Å². The first-order valence-electron chi connectivity index (χ1n) is 12.1. The third kappa shape index (κ3) is 5.66. The molecular formula is C27H26F2N2O5S. The van der Waals surface area contributed by atoms with Crippen LogP contribution in [0.2, 0.25) is 0 Å². The molecule has 0 bridgehead atoms. The van der Waals surface area contributed by atoms with Gasteiger partial charge in [-0.15, -0.1) is 11.3 Å². The quantitative estimate of drug-likeness (QED) is 0.340. The Morgan fingerprint density at radius 2 is 1.76 bits per heavy atom. The normalized spacial score (nSPS) is 16.8. The molecule has 2 atom stereocenters. The van der Waals surface area contributed by atoms with E-state index in [9.17, 15) is 23.5 Å². The third-order valence-electron chi connectivity index (χ3n) is 6.48. The number of fused-ring (bicyclic) bond motifs is 1. The summed E-state index contributed by atoms with van der Waals surface area (Å²) in [5, 5.41) is 13.9. The molecule has 0 aliphatic carbocycles. The molecule has 1 aromatic heterocycles. The summed E-state index contributed by atoms with van der Waals surface area (Å²) in [6.45, 7) is 2.38. The molecule has 1 saturated heterocycles. The van der Waals surface area contributed by atoms with Gasteiger partial charge >= 0.3 is 0 Å². The average Bonchev–Trinajstić information content (AvgIpc) is 3.60. The van der Waals surface area contributed by atoms with Crippen molar-refractivity contribution in [2.75, 3.05) is 32.8 Å². The summed E-state index contributed by atoms with van der Waals surface area (Å²) in [5.41, 5.74) is 0.947. The molecule has 0 radical (unpaired) electrons. The van der Waals surface area contributed by atoms with E-state index in [-0.39, 0.29) is 41.0 Å². The number of carbonyl (C=O) groups is 2. The highest BCUT2D eigenvalue weighted by atomic mass is 32.1. The van der Waals surface area contributed by atoms with Crippen LogP contribution in [0.25, 0.3) is 10.4 Å². The van der Waals surface area contributed by atoms with Gasteiger partial charge in [0.2, 0.25) is 0 Å². The second-order valence-electron chi connectivity index (χ2n) is 9.06. The number of hydrogen-bond acceptors (Lipinski definition) is 7. The van der Waals surface area contributed by atoms with Crippen molar-refractivity contribution in [3.8, 4) is 21.9 Å². The summed E-state index contributed by atoms with van der Waals surface area (Å²) in [5.74, 6) is -2.46. The molecule has 3 heterocycles. The number of benzene rings is 2. The van der Waals surface area contributed by atoms with Gasteiger partial charge in [-0.3, -0.25) is 9.59 Å². The van der Waals surface area contributed by atoms with Gasteiger partial charge in [0.15, 0.2) is 17.3 Å². The number of hydrogen-bond donors (Lipinski definition) is 2. The molecule has 2 unspecified atom stereocenters. The number of aliphatic hydroxyl groups is 1. The zero-order chi connectivity index (χ0) is 25.9. The molecule has 5 rings (SSSR count). The van der Waals surface area contributed by atoms with Crippen LogP contribution in [0, 0.1) is 11.6 Å². The lowest BCUT2D eigenvalue weighted by Crippen LogP contribution is -2.48. The lowest BCUT2D eigenvalue weighted by atomic mass is 10.00. The summed E-state index contributed by atoms with van der Waals surface area (Å²) in [6.07, 6.45) is 0.701. The van der Waals surface area contributed by atoms with Crippen molar-refractivity contribution in [2.45, 2.75) is 25.0 Å². The van der Waals surface area contributed by atoms with Crippen LogP contribution < -0.4 is 14.8 Å². The number of halogens is 2. The van der Waals surface area contributed by atoms with E-state index < -0.39 is 29.7 Å². The number of thiophene rings is 1. The monoisotopic (exact) mass is 528 g/mol. The Hall–Kier alpha value is -3.34. The Balaban J connectivity index is 1.34. The summed E-state index contributed by atoms with van der Waals surface area (Å²) in [6, 6.07) is 10.9. The highest BCUT2D eigenvalue weighted by Crippen LogP contribution is 2.36. The summed E-state index contributed by atoms with van der Waals surface area (Å²) < 4.78 is 38.7. The average molecular weight is 529 g/mol. The van der Waals surface area contributed by atoms with E-state index in [1.54, 1.807) is 24.3 Å². The van der Waals surface area contributed by atoms with Crippen molar-refractivity contribution in [3.05, 3.63) is 70.6 Å². The Morgan fingerprint density at radius 1 is 1.03 bits per heavy atom. The molecule has 37 heavy (non-hydrogen) atoms. The van der Waals surface area contributed by atoms with Crippen molar-refractivity contribution < 1.29 is 33.0 Å². The first-order valence-corrected chi connectivity index (χ1v) is 12.9. The summed E-state index contributed by atoms with van der Waals surface area (Å²) >= 11 is 1.12. The minimum Gasteiger partial charge on any atom is -0.486 e. The van der Waals surface area contributed by atoms with Crippen LogP contribution >= 0.6 is 11.3 Å². The topological polar surface area (TPSA) is 88.1 Å². The molecule has 2 aromatic carbocycles. The number of carbonyl (C=O) groups excluding carboxylic acids is 2. The number of likely N-dealkylation sites (tertiary alicyclic amines) is 1. The van der Waals surface area contributed by atoms with Crippen LogP contribution in [0.1, 0.15) is 34.2 Å². The maximum Gasteiger partial charge on any atom is 0.293 e. The van der Waals surface area contributed by atoms with Gasteiger partial charge in [-0.05, 0) is 73.5 Å². The second-order valence-corrected chi connectivity index (χ2v) is 10.1. The van der Waals surface area contributed by atoms with E-state index in [0.717, 1.165) is 53.8 Å². The molecule has 2 aliphatic rings. The Kier molecular flexibility index (Phi) is 7.50. The fourth-order valence-electron chi connectivity index (χ4n) is 4.58. The van der Waals surface area contributed by atoms with Gasteiger partial charge in [-0.2, -0.15) is 0 Å². The largest absolute Gasteiger partial charge is 0.486 e. The van der Waals surface area contributed by atoms with E-state index in [1.807, 2.05) is 0 Å². The summed E-state index contributed by atoms with van der Waals surface area (Å²) in [4.78, 5) is 29.0. The van der Waals surface area contributed by atoms with Crippen molar-refractivity contribution in [3.63, 3.8) is 0 Å². The molecule has 3 aromatic rings. The fraction of sp³-hybridized carbons (Fsp3) is 0.333. The molecular weight excluding hydrogens is 502 g/mol. The molecule has 0 saturated carbocycles. The molecule has 7 nitrogen and oxygen atoms in total. The number of ketones is 1. The van der Waals surface area contributed by atoms with Crippen LogP contribution in [-0.4, -0.2) is 60.6 Å². The second kappa shape index (κ2) is 11.0. The fourth-order valence-corrected chi connectivity index (χ4v) is 5.53. The number of amides is 1. The number of aliphatic hydroxyl groups excluding tert-OH is 1. The molecule has 194 valence electrons. The molecule has 10 heteroatoms. The first-order chi connectivity index (χ1) is 17.9. The Morgan fingerprint density at radius 3 is 2.51 bits per heavy atom. The van der Waals surface area contributed by atoms with E-state index in [0.29, 0.717) is 6.54 Å². The zero-order valence-corrected chi connectivity index (χ0v) is 20.7. The number of Topliss-reactive ketones (excluding diaryl/α,β-unsaturated/α-hetero) is 1. The Bertz CT molecular complexity index is 1290. The van der Waals surface area contributed by atoms with Gasteiger partial charge < -0.3 is 24.8 Å². The predicted molar refractivity (Wildman–Crippen MR) is 134 cm³/mol. The lowest BCUT2D eigenvalue weighted by Gasteiger charge is -2.29. The van der Waals surface area contributed by atoms with E-state index in [4.69, 9.17) is 9.47 Å². The van der Waals surface area contributed by atoms with Crippen molar-refractivity contribution >= 4 is 23.0 Å². The number of rotatable bonds is 8. The number of nitrogens with zero attached hydrogens (tertiary/aromatic N) is 1. The molecule has 2 aliphatic heterocycles. The smallest absolute Gasteiger partial charge is 0.293 e. The van der Waals surface area contributed by atoms with Crippen molar-refractivity contribution in [1.29, 1.82) is 0 Å². The van der Waals surface area contributed by atoms with Crippen molar-refractivity contribution in [1.82, 2.24) is 10.2 Å². The predicted octanol–water partition coefficient (Wildman–Crippen LogP) is 3.96. The van der Waals surface area contributed by atoms with Crippen LogP contribution in [0.5, 0.6) is 11.5 Å². The van der Waals surface area contributed by atoms with E-state index >= 15 is 0 Å². The van der Waals surface area contributed by atoms with E-state index in [2.05, 4.69) is 10.2 Å². The number of nitrogens with one attached hydrogen (secondary N) is 1. The summed E-state index contributed by atoms with van der Waals surface area (Å²) in [7, 11) is 0. The van der Waals surface area contributed by atoms with Gasteiger partial charge in [0.25, 0.3) is 11.7 Å². The SMILES string of the molecule is O=C(NC(CN1CCCC1)C(O)c1cc(F)c2c(c1)OCCO2)C(=O)c1ccc(-c2ccc(F)cc2)s1. The van der Waals surface area contributed by atoms with Gasteiger partial charge in [-0.25, -0.2) is 8.78 Å². The van der Waals surface area contributed by atoms with Gasteiger partial charge in [0.05, 0.1) is 10.9 Å². The zero-order valence-electron chi connectivity index (χ0n) is 19.9. The first kappa shape index (κ1) is 25.3. The van der Waals surface area contributed by atoms with Crippen LogP contribution in [-0.2, 0) is 4.79 Å². The standard InChI is InChI=1S/C27H26F2N2O5S/c28-18-5-3-16(4-6-18)22-7-8-23(37-22)25(33)27(34)30-20(15-31-9-1-2-10-31)24(32)17-13-19(29)26-21(14-17)35-11-12-36-26/h3-8,13-14,20,24,32H,1-2,9-12,15H2,(H,30,34). The maximum absolute atomic E-state index is 14.6. The van der Waals surface area contributed by atoms with Crippen LogP contribution in [0.15, 0.2) is 48.5 Å². The van der Waals surface area contributed by atoms with Crippen molar-refractivity contribution in [2.24, 2.45) is 0 Å². The highest BCUT2D eigenvalue weighted by molar-refractivity contribution is 7.18. The maximum atomic E-state index is 14.6. The molecule has 2 N–H and O–H groups in total. The van der Waals surface area contributed by atoms with Crippen LogP contribution in [0.3, 0.4) is 0 Å². The van der Waals surface area contributed by atoms with Gasteiger partial charge in [0, 0.05) is 11.4 Å².